The molecule has 0 radical (unpaired) electrons. The third kappa shape index (κ3) is 4.96. The molecule has 0 atom stereocenters. The van der Waals surface area contributed by atoms with Gasteiger partial charge >= 0.3 is 0 Å². The number of nitrogens with one attached hydrogen (secondary N) is 1. The molecule has 1 amide bonds. The van der Waals surface area contributed by atoms with E-state index in [4.69, 9.17) is 4.74 Å². The lowest BCUT2D eigenvalue weighted by molar-refractivity contribution is -0.123. The van der Waals surface area contributed by atoms with Crippen molar-refractivity contribution in [3.8, 4) is 5.75 Å². The SMILES string of the molecule is CCc1cc(Br)ccc1OCC(=O)N/N=C/c1ccncc1. The third-order valence-electron chi connectivity index (χ3n) is 2.87. The van der Waals surface area contributed by atoms with Gasteiger partial charge in [0.25, 0.3) is 5.91 Å². The van der Waals surface area contributed by atoms with E-state index < -0.39 is 0 Å². The highest BCUT2D eigenvalue weighted by molar-refractivity contribution is 9.10. The van der Waals surface area contributed by atoms with E-state index in [1.807, 2.05) is 25.1 Å². The molecular formula is C16H16BrN3O2. The molecule has 6 heteroatoms. The molecule has 0 spiro atoms. The summed E-state index contributed by atoms with van der Waals surface area (Å²) in [5.74, 6) is 0.397. The summed E-state index contributed by atoms with van der Waals surface area (Å²) in [6, 6.07) is 9.29. The number of nitrogens with zero attached hydrogens (tertiary/aromatic N) is 2. The van der Waals surface area contributed by atoms with Crippen LogP contribution in [0.3, 0.4) is 0 Å². The van der Waals surface area contributed by atoms with Gasteiger partial charge in [-0.1, -0.05) is 22.9 Å². The van der Waals surface area contributed by atoms with E-state index in [1.165, 1.54) is 0 Å². The zero-order valence-electron chi connectivity index (χ0n) is 12.1. The second kappa shape index (κ2) is 8.29. The number of halogens is 1. The first-order chi connectivity index (χ1) is 10.7. The molecule has 0 aliphatic rings. The minimum absolute atomic E-state index is 0.0810. The van der Waals surface area contributed by atoms with Crippen LogP contribution in [0.25, 0.3) is 0 Å². The van der Waals surface area contributed by atoms with Crippen molar-refractivity contribution in [2.75, 3.05) is 6.61 Å². The van der Waals surface area contributed by atoms with E-state index in [-0.39, 0.29) is 12.5 Å². The van der Waals surface area contributed by atoms with Crippen LogP contribution in [0, 0.1) is 0 Å². The van der Waals surface area contributed by atoms with Gasteiger partial charge in [0.1, 0.15) is 5.75 Å². The molecule has 1 heterocycles. The minimum Gasteiger partial charge on any atom is -0.483 e. The molecule has 0 aliphatic heterocycles. The second-order valence-electron chi connectivity index (χ2n) is 4.47. The van der Waals surface area contributed by atoms with Gasteiger partial charge in [0.05, 0.1) is 6.21 Å². The predicted molar refractivity (Wildman–Crippen MR) is 89.0 cm³/mol. The van der Waals surface area contributed by atoms with Crippen molar-refractivity contribution in [1.29, 1.82) is 0 Å². The standard InChI is InChI=1S/C16H16BrN3O2/c1-2-13-9-14(17)3-4-15(13)22-11-16(21)20-19-10-12-5-7-18-8-6-12/h3-10H,2,11H2,1H3,(H,20,21)/b19-10+. The van der Waals surface area contributed by atoms with Gasteiger partial charge in [0, 0.05) is 16.9 Å². The largest absolute Gasteiger partial charge is 0.483 e. The first kappa shape index (κ1) is 16.2. The topological polar surface area (TPSA) is 63.6 Å². The van der Waals surface area contributed by atoms with E-state index in [0.29, 0.717) is 5.75 Å². The Bertz CT molecular complexity index is 660. The summed E-state index contributed by atoms with van der Waals surface area (Å²) >= 11 is 3.42. The van der Waals surface area contributed by atoms with Crippen LogP contribution in [0.5, 0.6) is 5.75 Å². The molecule has 0 bridgehead atoms. The van der Waals surface area contributed by atoms with Gasteiger partial charge in [-0.15, -0.1) is 0 Å². The normalized spacial score (nSPS) is 10.6. The zero-order valence-corrected chi connectivity index (χ0v) is 13.7. The van der Waals surface area contributed by atoms with Crippen molar-refractivity contribution in [2.45, 2.75) is 13.3 Å². The Morgan fingerprint density at radius 1 is 1.36 bits per heavy atom. The van der Waals surface area contributed by atoms with Crippen LogP contribution in [-0.2, 0) is 11.2 Å². The van der Waals surface area contributed by atoms with E-state index in [0.717, 1.165) is 22.0 Å². The highest BCUT2D eigenvalue weighted by Gasteiger charge is 2.06. The number of aromatic nitrogens is 1. The Hall–Kier alpha value is -2.21. The van der Waals surface area contributed by atoms with Crippen LogP contribution in [0.1, 0.15) is 18.1 Å². The molecule has 1 N–H and O–H groups in total. The zero-order chi connectivity index (χ0) is 15.8. The first-order valence-corrected chi connectivity index (χ1v) is 7.61. The number of rotatable bonds is 6. The number of aryl methyl sites for hydroxylation is 1. The number of ether oxygens (including phenoxy) is 1. The van der Waals surface area contributed by atoms with Crippen LogP contribution >= 0.6 is 15.9 Å². The average molecular weight is 362 g/mol. The number of benzene rings is 1. The third-order valence-corrected chi connectivity index (χ3v) is 3.36. The molecule has 22 heavy (non-hydrogen) atoms. The maximum absolute atomic E-state index is 11.7. The van der Waals surface area contributed by atoms with Crippen LogP contribution in [0.4, 0.5) is 0 Å². The Labute approximate surface area is 137 Å². The lowest BCUT2D eigenvalue weighted by atomic mass is 10.1. The molecule has 1 aromatic carbocycles. The van der Waals surface area contributed by atoms with E-state index >= 15 is 0 Å². The summed E-state index contributed by atoms with van der Waals surface area (Å²) in [5, 5.41) is 3.87. The van der Waals surface area contributed by atoms with Crippen molar-refractivity contribution < 1.29 is 9.53 Å². The molecule has 0 saturated heterocycles. The maximum Gasteiger partial charge on any atom is 0.277 e. The van der Waals surface area contributed by atoms with Gasteiger partial charge in [-0.05, 0) is 47.9 Å². The highest BCUT2D eigenvalue weighted by Crippen LogP contribution is 2.23. The average Bonchev–Trinajstić information content (AvgIpc) is 2.54. The van der Waals surface area contributed by atoms with Crippen LogP contribution < -0.4 is 10.2 Å². The molecule has 0 unspecified atom stereocenters. The van der Waals surface area contributed by atoms with Gasteiger partial charge < -0.3 is 4.74 Å². The molecule has 2 aromatic rings. The molecule has 0 saturated carbocycles. The molecular weight excluding hydrogens is 346 g/mol. The van der Waals surface area contributed by atoms with Crippen molar-refractivity contribution >= 4 is 28.1 Å². The summed E-state index contributed by atoms with van der Waals surface area (Å²) < 4.78 is 6.52. The highest BCUT2D eigenvalue weighted by atomic mass is 79.9. The lowest BCUT2D eigenvalue weighted by Gasteiger charge is -2.09. The summed E-state index contributed by atoms with van der Waals surface area (Å²) in [6.45, 7) is 1.95. The molecule has 1 aromatic heterocycles. The molecule has 114 valence electrons. The quantitative estimate of drug-likeness (QED) is 0.635. The smallest absolute Gasteiger partial charge is 0.277 e. The molecule has 0 fully saturated rings. The van der Waals surface area contributed by atoms with Crippen LogP contribution in [-0.4, -0.2) is 23.7 Å². The lowest BCUT2D eigenvalue weighted by Crippen LogP contribution is -2.24. The van der Waals surface area contributed by atoms with Crippen LogP contribution in [0.2, 0.25) is 0 Å². The fraction of sp³-hybridized carbons (Fsp3) is 0.188. The molecule has 2 rings (SSSR count). The Kier molecular flexibility index (Phi) is 6.09. The fourth-order valence-electron chi connectivity index (χ4n) is 1.77. The van der Waals surface area contributed by atoms with E-state index in [2.05, 4.69) is 31.4 Å². The number of amides is 1. The van der Waals surface area contributed by atoms with Crippen molar-refractivity contribution in [3.63, 3.8) is 0 Å². The summed E-state index contributed by atoms with van der Waals surface area (Å²) in [6.07, 6.45) is 5.70. The van der Waals surface area contributed by atoms with Crippen LogP contribution in [0.15, 0.2) is 52.3 Å². The number of carbonyl (C=O) groups excluding carboxylic acids is 1. The van der Waals surface area contributed by atoms with E-state index in [9.17, 15) is 4.79 Å². The van der Waals surface area contributed by atoms with Gasteiger partial charge in [-0.3, -0.25) is 9.78 Å². The number of hydrogen-bond acceptors (Lipinski definition) is 4. The Balaban J connectivity index is 1.84. The molecule has 0 aliphatic carbocycles. The van der Waals surface area contributed by atoms with Gasteiger partial charge in [0.2, 0.25) is 0 Å². The van der Waals surface area contributed by atoms with Crippen molar-refractivity contribution in [3.05, 3.63) is 58.3 Å². The molecule has 5 nitrogen and oxygen atoms in total. The fourth-order valence-corrected chi connectivity index (χ4v) is 2.18. The monoisotopic (exact) mass is 361 g/mol. The number of hydrazone groups is 1. The maximum atomic E-state index is 11.7. The number of hydrogen-bond donors (Lipinski definition) is 1. The summed E-state index contributed by atoms with van der Waals surface area (Å²) in [7, 11) is 0. The number of pyridine rings is 1. The summed E-state index contributed by atoms with van der Waals surface area (Å²) in [5.41, 5.74) is 4.33. The van der Waals surface area contributed by atoms with Crippen molar-refractivity contribution in [1.82, 2.24) is 10.4 Å². The summed E-state index contributed by atoms with van der Waals surface area (Å²) in [4.78, 5) is 15.6. The van der Waals surface area contributed by atoms with Gasteiger partial charge in [0.15, 0.2) is 6.61 Å². The number of carbonyl (C=O) groups is 1. The second-order valence-corrected chi connectivity index (χ2v) is 5.38. The first-order valence-electron chi connectivity index (χ1n) is 6.82. The van der Waals surface area contributed by atoms with Crippen molar-refractivity contribution in [2.24, 2.45) is 5.10 Å². The van der Waals surface area contributed by atoms with E-state index in [1.54, 1.807) is 30.7 Å². The Morgan fingerprint density at radius 3 is 2.86 bits per heavy atom. The predicted octanol–water partition coefficient (Wildman–Crippen LogP) is 2.94. The minimum atomic E-state index is -0.310. The van der Waals surface area contributed by atoms with Gasteiger partial charge in [-0.25, -0.2) is 5.43 Å². The Morgan fingerprint density at radius 2 is 2.14 bits per heavy atom. The van der Waals surface area contributed by atoms with Gasteiger partial charge in [-0.2, -0.15) is 5.10 Å².